The molecule has 0 heterocycles. The number of allylic oxidation sites excluding steroid dienone is 4. The maximum absolute atomic E-state index is 5.62. The van der Waals surface area contributed by atoms with E-state index in [4.69, 9.17) is 11.6 Å². The minimum absolute atomic E-state index is 0.654. The lowest BCUT2D eigenvalue weighted by atomic mass is 10.2. The van der Waals surface area contributed by atoms with Crippen molar-refractivity contribution in [1.82, 2.24) is 0 Å². The fourth-order valence-corrected chi connectivity index (χ4v) is 0.510. The second-order valence-electron chi connectivity index (χ2n) is 1.75. The molecular weight excluding hydrogens is 156 g/mol. The lowest BCUT2D eigenvalue weighted by Crippen LogP contribution is -1.70. The molecule has 0 aliphatic carbocycles. The van der Waals surface area contributed by atoms with E-state index in [1.165, 1.54) is 0 Å². The fraction of sp³-hybridized carbons (Fsp3) is 0.400. The van der Waals surface area contributed by atoms with Crippen molar-refractivity contribution >= 4 is 11.6 Å². The fourth-order valence-electron chi connectivity index (χ4n) is 0.356. The van der Waals surface area contributed by atoms with E-state index in [1.807, 2.05) is 26.8 Å². The highest BCUT2D eigenvalue weighted by atomic mass is 35.5. The third-order valence-electron chi connectivity index (χ3n) is 0.991. The van der Waals surface area contributed by atoms with Gasteiger partial charge in [0.05, 0.1) is 0 Å². The number of rotatable bonds is 3. The molecule has 0 aromatic heterocycles. The van der Waals surface area contributed by atoms with Gasteiger partial charge in [-0.3, -0.25) is 0 Å². The predicted octanol–water partition coefficient (Wildman–Crippen LogP) is 4.29. The van der Waals surface area contributed by atoms with Gasteiger partial charge in [0.2, 0.25) is 0 Å². The Balaban J connectivity index is 0. The Morgan fingerprint density at radius 2 is 1.91 bits per heavy atom. The maximum atomic E-state index is 5.62. The molecule has 0 rings (SSSR count). The van der Waals surface area contributed by atoms with Crippen molar-refractivity contribution in [3.05, 3.63) is 35.9 Å². The number of hydrogen-bond donors (Lipinski definition) is 0. The lowest BCUT2D eigenvalue weighted by molar-refractivity contribution is 1.16. The number of hydrogen-bond acceptors (Lipinski definition) is 0. The summed E-state index contributed by atoms with van der Waals surface area (Å²) in [6.07, 6.45) is 4.35. The Morgan fingerprint density at radius 1 is 1.45 bits per heavy atom. The summed E-state index contributed by atoms with van der Waals surface area (Å²) in [7, 11) is 0. The third-order valence-corrected chi connectivity index (χ3v) is 1.25. The molecule has 0 spiro atoms. The molecule has 0 aromatic carbocycles. The van der Waals surface area contributed by atoms with Gasteiger partial charge in [0.1, 0.15) is 0 Å². The van der Waals surface area contributed by atoms with Gasteiger partial charge < -0.3 is 0 Å². The van der Waals surface area contributed by atoms with Gasteiger partial charge in [0, 0.05) is 5.03 Å². The van der Waals surface area contributed by atoms with Crippen LogP contribution in [0.25, 0.3) is 0 Å². The first-order valence-corrected chi connectivity index (χ1v) is 4.26. The zero-order valence-corrected chi connectivity index (χ0v) is 8.41. The van der Waals surface area contributed by atoms with E-state index >= 15 is 0 Å². The largest absolute Gasteiger partial charge is 0.0976 e. The molecule has 0 nitrogen and oxygen atoms in total. The molecule has 1 heteroatoms. The minimum Gasteiger partial charge on any atom is -0.0976 e. The van der Waals surface area contributed by atoms with Gasteiger partial charge in [-0.15, -0.1) is 0 Å². The van der Waals surface area contributed by atoms with Crippen LogP contribution in [0.2, 0.25) is 0 Å². The van der Waals surface area contributed by atoms with E-state index in [0.717, 1.165) is 12.0 Å². The zero-order valence-electron chi connectivity index (χ0n) is 7.65. The molecule has 0 saturated carbocycles. The van der Waals surface area contributed by atoms with E-state index in [2.05, 4.69) is 13.2 Å². The van der Waals surface area contributed by atoms with Gasteiger partial charge in [-0.05, 0) is 12.5 Å². The highest BCUT2D eigenvalue weighted by Crippen LogP contribution is 2.07. The predicted molar refractivity (Wildman–Crippen MR) is 54.9 cm³/mol. The SMILES string of the molecule is C=C/C(Cl)=C\C(=C)CC.CC. The molecule has 64 valence electrons. The van der Waals surface area contributed by atoms with Gasteiger partial charge >= 0.3 is 0 Å². The summed E-state index contributed by atoms with van der Waals surface area (Å²) in [6, 6.07) is 0. The number of halogens is 1. The molecule has 0 unspecified atom stereocenters. The van der Waals surface area contributed by atoms with Crippen molar-refractivity contribution in [3.63, 3.8) is 0 Å². The summed E-state index contributed by atoms with van der Waals surface area (Å²) in [4.78, 5) is 0. The highest BCUT2D eigenvalue weighted by molar-refractivity contribution is 6.31. The van der Waals surface area contributed by atoms with Crippen molar-refractivity contribution in [2.75, 3.05) is 0 Å². The van der Waals surface area contributed by atoms with E-state index in [0.29, 0.717) is 5.03 Å². The highest BCUT2D eigenvalue weighted by Gasteiger charge is 1.84. The van der Waals surface area contributed by atoms with Crippen LogP contribution >= 0.6 is 11.6 Å². The average molecular weight is 173 g/mol. The van der Waals surface area contributed by atoms with Crippen molar-refractivity contribution < 1.29 is 0 Å². The topological polar surface area (TPSA) is 0 Å². The molecular formula is C10H17Cl. The van der Waals surface area contributed by atoms with Gasteiger partial charge in [0.25, 0.3) is 0 Å². The van der Waals surface area contributed by atoms with Crippen LogP contribution in [0, 0.1) is 0 Å². The summed E-state index contributed by atoms with van der Waals surface area (Å²) in [5.74, 6) is 0. The molecule has 0 aliphatic heterocycles. The molecule has 0 bridgehead atoms. The maximum Gasteiger partial charge on any atom is 0.0402 e. The lowest BCUT2D eigenvalue weighted by Gasteiger charge is -1.91. The third kappa shape index (κ3) is 9.51. The van der Waals surface area contributed by atoms with Crippen LogP contribution in [0.1, 0.15) is 27.2 Å². The molecule has 0 aromatic rings. The second kappa shape index (κ2) is 9.51. The Hall–Kier alpha value is -0.490. The first-order chi connectivity index (χ1) is 5.20. The quantitative estimate of drug-likeness (QED) is 0.558. The molecule has 11 heavy (non-hydrogen) atoms. The second-order valence-corrected chi connectivity index (χ2v) is 2.18. The molecule has 0 aliphatic rings. The van der Waals surface area contributed by atoms with Crippen molar-refractivity contribution in [2.45, 2.75) is 27.2 Å². The Labute approximate surface area is 75.3 Å². The Bertz CT molecular complexity index is 143. The van der Waals surface area contributed by atoms with Crippen LogP contribution in [0.15, 0.2) is 35.9 Å². The van der Waals surface area contributed by atoms with E-state index < -0.39 is 0 Å². The minimum atomic E-state index is 0.654. The van der Waals surface area contributed by atoms with E-state index in [1.54, 1.807) is 6.08 Å². The molecule has 0 amide bonds. The van der Waals surface area contributed by atoms with Crippen LogP contribution in [-0.2, 0) is 0 Å². The monoisotopic (exact) mass is 172 g/mol. The van der Waals surface area contributed by atoms with Gasteiger partial charge in [-0.1, -0.05) is 57.2 Å². The standard InChI is InChI=1S/C8H11Cl.C2H6/c1-4-7(3)6-8(9)5-2;1-2/h5-6H,2-4H2,1H3;1-2H3/b8-6+;. The summed E-state index contributed by atoms with van der Waals surface area (Å²) < 4.78 is 0. The van der Waals surface area contributed by atoms with Crippen molar-refractivity contribution in [3.8, 4) is 0 Å². The molecule has 0 N–H and O–H groups in total. The van der Waals surface area contributed by atoms with Crippen LogP contribution in [0.3, 0.4) is 0 Å². The summed E-state index contributed by atoms with van der Waals surface area (Å²) in [5.41, 5.74) is 1.03. The molecule has 0 radical (unpaired) electrons. The molecule has 0 saturated heterocycles. The Kier molecular flexibility index (Phi) is 11.3. The first-order valence-electron chi connectivity index (χ1n) is 3.88. The Morgan fingerprint density at radius 3 is 2.18 bits per heavy atom. The zero-order chi connectivity index (χ0) is 9.28. The van der Waals surface area contributed by atoms with Crippen molar-refractivity contribution in [1.29, 1.82) is 0 Å². The van der Waals surface area contributed by atoms with Gasteiger partial charge in [-0.2, -0.15) is 0 Å². The summed E-state index contributed by atoms with van der Waals surface area (Å²) in [5, 5.41) is 0.654. The van der Waals surface area contributed by atoms with Gasteiger partial charge in [0.15, 0.2) is 0 Å². The van der Waals surface area contributed by atoms with E-state index in [9.17, 15) is 0 Å². The summed E-state index contributed by atoms with van der Waals surface area (Å²) in [6.45, 7) is 13.3. The molecule has 0 atom stereocenters. The average Bonchev–Trinajstić information content (AvgIpc) is 2.07. The molecule has 0 fully saturated rings. The van der Waals surface area contributed by atoms with Crippen LogP contribution in [0.4, 0.5) is 0 Å². The van der Waals surface area contributed by atoms with Crippen LogP contribution < -0.4 is 0 Å². The van der Waals surface area contributed by atoms with Crippen LogP contribution in [-0.4, -0.2) is 0 Å². The van der Waals surface area contributed by atoms with Crippen LogP contribution in [0.5, 0.6) is 0 Å². The van der Waals surface area contributed by atoms with E-state index in [-0.39, 0.29) is 0 Å². The first kappa shape index (κ1) is 13.1. The smallest absolute Gasteiger partial charge is 0.0402 e. The van der Waals surface area contributed by atoms with Crippen molar-refractivity contribution in [2.24, 2.45) is 0 Å². The normalized spacial score (nSPS) is 9.64. The summed E-state index contributed by atoms with van der Waals surface area (Å²) >= 11 is 5.62. The van der Waals surface area contributed by atoms with Gasteiger partial charge in [-0.25, -0.2) is 0 Å².